The lowest BCUT2D eigenvalue weighted by Crippen LogP contribution is -2.13. The van der Waals surface area contributed by atoms with Crippen molar-refractivity contribution in [2.24, 2.45) is 0 Å². The summed E-state index contributed by atoms with van der Waals surface area (Å²) in [6.45, 7) is 3.71. The predicted molar refractivity (Wildman–Crippen MR) is 104 cm³/mol. The van der Waals surface area contributed by atoms with Crippen LogP contribution in [-0.4, -0.2) is 44.6 Å². The van der Waals surface area contributed by atoms with Gasteiger partial charge in [0.2, 0.25) is 0 Å². The van der Waals surface area contributed by atoms with Crippen molar-refractivity contribution in [3.63, 3.8) is 0 Å². The van der Waals surface area contributed by atoms with E-state index in [0.717, 1.165) is 12.8 Å². The van der Waals surface area contributed by atoms with E-state index in [4.69, 9.17) is 20.4 Å². The summed E-state index contributed by atoms with van der Waals surface area (Å²) >= 11 is 0. The van der Waals surface area contributed by atoms with E-state index >= 15 is 0 Å². The van der Waals surface area contributed by atoms with Gasteiger partial charge in [0.1, 0.15) is 0 Å². The SMILES string of the molecule is CCCC(O)CC(C)O.O=C(O)c1ccccc1.O=C(O)c1ccccc1. The predicted octanol–water partition coefficient (Wildman–Crippen LogP) is 3.69. The molecule has 148 valence electrons. The van der Waals surface area contributed by atoms with E-state index < -0.39 is 11.9 Å². The van der Waals surface area contributed by atoms with E-state index in [0.29, 0.717) is 17.5 Å². The molecule has 2 unspecified atom stereocenters. The minimum Gasteiger partial charge on any atom is -0.478 e. The van der Waals surface area contributed by atoms with Crippen molar-refractivity contribution in [1.29, 1.82) is 0 Å². The highest BCUT2D eigenvalue weighted by atomic mass is 16.4. The van der Waals surface area contributed by atoms with Crippen LogP contribution in [0.25, 0.3) is 0 Å². The average molecular weight is 376 g/mol. The molecule has 6 nitrogen and oxygen atoms in total. The smallest absolute Gasteiger partial charge is 0.335 e. The molecule has 27 heavy (non-hydrogen) atoms. The lowest BCUT2D eigenvalue weighted by atomic mass is 10.1. The molecule has 2 rings (SSSR count). The standard InChI is InChI=1S/2C7H6O2.C7H16O2/c2*8-7(9)6-4-2-1-3-5-6;1-3-4-7(9)5-6(2)8/h2*1-5H,(H,8,9);6-9H,3-5H2,1-2H3. The highest BCUT2D eigenvalue weighted by Gasteiger charge is 2.05. The molecule has 0 fully saturated rings. The molecule has 6 heteroatoms. The van der Waals surface area contributed by atoms with Gasteiger partial charge in [0, 0.05) is 0 Å². The quantitative estimate of drug-likeness (QED) is 0.611. The van der Waals surface area contributed by atoms with Gasteiger partial charge in [0.05, 0.1) is 23.3 Å². The van der Waals surface area contributed by atoms with E-state index in [1.54, 1.807) is 67.6 Å². The number of hydrogen-bond acceptors (Lipinski definition) is 4. The van der Waals surface area contributed by atoms with Crippen LogP contribution in [-0.2, 0) is 0 Å². The van der Waals surface area contributed by atoms with E-state index in [1.807, 2.05) is 6.92 Å². The molecule has 2 aromatic rings. The number of aromatic carboxylic acids is 2. The van der Waals surface area contributed by atoms with Crippen LogP contribution < -0.4 is 0 Å². The number of hydrogen-bond donors (Lipinski definition) is 4. The summed E-state index contributed by atoms with van der Waals surface area (Å²) in [6.07, 6.45) is 1.61. The molecular weight excluding hydrogens is 348 g/mol. The van der Waals surface area contributed by atoms with Crippen LogP contribution in [0, 0.1) is 0 Å². The number of carboxylic acid groups (broad SMARTS) is 2. The van der Waals surface area contributed by atoms with E-state index in [9.17, 15) is 9.59 Å². The van der Waals surface area contributed by atoms with Crippen LogP contribution in [0.15, 0.2) is 60.7 Å². The number of aliphatic hydroxyl groups excluding tert-OH is 2. The summed E-state index contributed by atoms with van der Waals surface area (Å²) in [7, 11) is 0. The molecule has 2 aromatic carbocycles. The Morgan fingerprint density at radius 2 is 1.19 bits per heavy atom. The normalized spacial score (nSPS) is 11.7. The first-order valence-corrected chi connectivity index (χ1v) is 8.70. The maximum atomic E-state index is 10.2. The van der Waals surface area contributed by atoms with Crippen LogP contribution in [0.3, 0.4) is 0 Å². The van der Waals surface area contributed by atoms with E-state index in [2.05, 4.69) is 0 Å². The van der Waals surface area contributed by atoms with Gasteiger partial charge in [-0.3, -0.25) is 0 Å². The molecule has 0 aromatic heterocycles. The Labute approximate surface area is 159 Å². The Balaban J connectivity index is 0.000000376. The summed E-state index contributed by atoms with van der Waals surface area (Å²) in [5, 5.41) is 34.6. The molecule has 0 aliphatic carbocycles. The minimum absolute atomic E-state index is 0.310. The van der Waals surface area contributed by atoms with Crippen molar-refractivity contribution in [2.45, 2.75) is 45.3 Å². The first kappa shape index (κ1) is 24.3. The zero-order valence-corrected chi connectivity index (χ0v) is 15.7. The van der Waals surface area contributed by atoms with E-state index in [1.165, 1.54) is 0 Å². The molecule has 0 aliphatic heterocycles. The van der Waals surface area contributed by atoms with Crippen molar-refractivity contribution in [3.05, 3.63) is 71.8 Å². The first-order valence-electron chi connectivity index (χ1n) is 8.70. The topological polar surface area (TPSA) is 115 Å². The highest BCUT2D eigenvalue weighted by Crippen LogP contribution is 2.03. The zero-order chi connectivity index (χ0) is 20.7. The fourth-order valence-electron chi connectivity index (χ4n) is 2.01. The summed E-state index contributed by atoms with van der Waals surface area (Å²) < 4.78 is 0. The van der Waals surface area contributed by atoms with Crippen LogP contribution in [0.2, 0.25) is 0 Å². The Kier molecular flexibility index (Phi) is 13.0. The third-order valence-corrected chi connectivity index (χ3v) is 3.28. The largest absolute Gasteiger partial charge is 0.478 e. The summed E-state index contributed by atoms with van der Waals surface area (Å²) in [4.78, 5) is 20.4. The highest BCUT2D eigenvalue weighted by molar-refractivity contribution is 5.87. The minimum atomic E-state index is -0.879. The number of carbonyl (C=O) groups is 2. The van der Waals surface area contributed by atoms with Crippen molar-refractivity contribution in [3.8, 4) is 0 Å². The molecule has 0 amide bonds. The van der Waals surface area contributed by atoms with Gasteiger partial charge in [-0.05, 0) is 44.0 Å². The van der Waals surface area contributed by atoms with Crippen molar-refractivity contribution < 1.29 is 30.0 Å². The molecule has 0 radical (unpaired) electrons. The van der Waals surface area contributed by atoms with Crippen LogP contribution in [0.4, 0.5) is 0 Å². The molecule has 0 aliphatic rings. The number of rotatable bonds is 6. The van der Waals surface area contributed by atoms with Crippen molar-refractivity contribution in [2.75, 3.05) is 0 Å². The third kappa shape index (κ3) is 13.2. The molecule has 0 bridgehead atoms. The molecule has 0 heterocycles. The maximum Gasteiger partial charge on any atom is 0.335 e. The Hall–Kier alpha value is -2.70. The zero-order valence-electron chi connectivity index (χ0n) is 15.7. The second-order valence-corrected chi connectivity index (χ2v) is 5.87. The van der Waals surface area contributed by atoms with Gasteiger partial charge in [-0.2, -0.15) is 0 Å². The van der Waals surface area contributed by atoms with Gasteiger partial charge in [-0.25, -0.2) is 9.59 Å². The van der Waals surface area contributed by atoms with Gasteiger partial charge in [0.25, 0.3) is 0 Å². The molecule has 0 saturated heterocycles. The molecule has 4 N–H and O–H groups in total. The molecule has 2 atom stereocenters. The second-order valence-electron chi connectivity index (χ2n) is 5.87. The third-order valence-electron chi connectivity index (χ3n) is 3.28. The molecule has 0 saturated carbocycles. The van der Waals surface area contributed by atoms with Crippen LogP contribution in [0.5, 0.6) is 0 Å². The summed E-state index contributed by atoms with van der Waals surface area (Å²) in [5.41, 5.74) is 0.662. The Morgan fingerprint density at radius 1 is 0.815 bits per heavy atom. The lowest BCUT2D eigenvalue weighted by molar-refractivity contribution is 0.0686. The summed E-state index contributed by atoms with van der Waals surface area (Å²) in [5.74, 6) is -1.76. The van der Waals surface area contributed by atoms with Crippen LogP contribution in [0.1, 0.15) is 53.8 Å². The Bertz CT molecular complexity index is 591. The monoisotopic (exact) mass is 376 g/mol. The maximum absolute atomic E-state index is 10.2. The number of carboxylic acids is 2. The fourth-order valence-corrected chi connectivity index (χ4v) is 2.01. The average Bonchev–Trinajstić information content (AvgIpc) is 2.64. The first-order chi connectivity index (χ1) is 12.8. The van der Waals surface area contributed by atoms with Crippen LogP contribution >= 0.6 is 0 Å². The molecule has 0 spiro atoms. The lowest BCUT2D eigenvalue weighted by Gasteiger charge is -2.09. The van der Waals surface area contributed by atoms with Gasteiger partial charge in [0.15, 0.2) is 0 Å². The molecular formula is C21H28O6. The second kappa shape index (κ2) is 14.5. The van der Waals surface area contributed by atoms with Gasteiger partial charge in [-0.15, -0.1) is 0 Å². The number of aliphatic hydroxyl groups is 2. The van der Waals surface area contributed by atoms with Gasteiger partial charge >= 0.3 is 11.9 Å². The fraction of sp³-hybridized carbons (Fsp3) is 0.333. The summed E-state index contributed by atoms with van der Waals surface area (Å²) in [6, 6.07) is 16.6. The van der Waals surface area contributed by atoms with E-state index in [-0.39, 0.29) is 12.2 Å². The van der Waals surface area contributed by atoms with Crippen molar-refractivity contribution in [1.82, 2.24) is 0 Å². The Morgan fingerprint density at radius 3 is 1.41 bits per heavy atom. The van der Waals surface area contributed by atoms with Gasteiger partial charge in [-0.1, -0.05) is 49.7 Å². The van der Waals surface area contributed by atoms with Crippen molar-refractivity contribution >= 4 is 11.9 Å². The number of benzene rings is 2. The van der Waals surface area contributed by atoms with Gasteiger partial charge < -0.3 is 20.4 Å².